The SMILES string of the molecule is CCCCCCCCCC(C=C1C=CCCC1)CCSCCC(C=C1C=CCCC1)CCCCCCCCC. The fourth-order valence-corrected chi connectivity index (χ4v) is 7.43. The summed E-state index contributed by atoms with van der Waals surface area (Å²) in [5.41, 5.74) is 3.25. The fourth-order valence-electron chi connectivity index (χ4n) is 6.29. The molecule has 2 atom stereocenters. The predicted molar refractivity (Wildman–Crippen MR) is 181 cm³/mol. The largest absolute Gasteiger partial charge is 0.162 e. The third-order valence-electron chi connectivity index (χ3n) is 8.86. The van der Waals surface area contributed by atoms with Crippen molar-refractivity contribution in [2.75, 3.05) is 11.5 Å². The highest BCUT2D eigenvalue weighted by molar-refractivity contribution is 7.99. The maximum absolute atomic E-state index is 2.68. The molecule has 0 aromatic heterocycles. The van der Waals surface area contributed by atoms with Crippen LogP contribution in [0.25, 0.3) is 0 Å². The van der Waals surface area contributed by atoms with E-state index in [9.17, 15) is 0 Å². The zero-order valence-electron chi connectivity index (χ0n) is 26.4. The second kappa shape index (κ2) is 25.1. The molecule has 0 bridgehead atoms. The Labute approximate surface area is 250 Å². The van der Waals surface area contributed by atoms with E-state index in [4.69, 9.17) is 0 Å². The second-order valence-corrected chi connectivity index (χ2v) is 13.8. The topological polar surface area (TPSA) is 0 Å². The fraction of sp³-hybridized carbons (Fsp3) is 0.789. The van der Waals surface area contributed by atoms with Crippen LogP contribution in [0.15, 0.2) is 47.6 Å². The molecule has 2 rings (SSSR count). The predicted octanol–water partition coefficient (Wildman–Crippen LogP) is 13.3. The van der Waals surface area contributed by atoms with Gasteiger partial charge in [-0.15, -0.1) is 0 Å². The summed E-state index contributed by atoms with van der Waals surface area (Å²) < 4.78 is 0. The molecule has 0 spiro atoms. The highest BCUT2D eigenvalue weighted by Crippen LogP contribution is 2.27. The van der Waals surface area contributed by atoms with Crippen LogP contribution in [0.5, 0.6) is 0 Å². The highest BCUT2D eigenvalue weighted by atomic mass is 32.2. The van der Waals surface area contributed by atoms with Crippen LogP contribution in [-0.2, 0) is 0 Å². The van der Waals surface area contributed by atoms with Gasteiger partial charge in [-0.2, -0.15) is 11.8 Å². The summed E-state index contributed by atoms with van der Waals surface area (Å²) in [7, 11) is 0. The number of unbranched alkanes of at least 4 members (excludes halogenated alkanes) is 12. The minimum Gasteiger partial charge on any atom is -0.162 e. The van der Waals surface area contributed by atoms with Crippen molar-refractivity contribution in [2.24, 2.45) is 11.8 Å². The van der Waals surface area contributed by atoms with Crippen LogP contribution < -0.4 is 0 Å². The van der Waals surface area contributed by atoms with Gasteiger partial charge in [0.1, 0.15) is 0 Å². The second-order valence-electron chi connectivity index (χ2n) is 12.6. The van der Waals surface area contributed by atoms with E-state index in [1.54, 1.807) is 11.1 Å². The third-order valence-corrected chi connectivity index (χ3v) is 9.91. The normalized spacial score (nSPS) is 19.2. The minimum absolute atomic E-state index is 0.795. The van der Waals surface area contributed by atoms with E-state index in [1.807, 2.05) is 0 Å². The molecule has 39 heavy (non-hydrogen) atoms. The molecule has 0 saturated carbocycles. The molecule has 0 amide bonds. The molecule has 0 fully saturated rings. The molecular formula is C38H66S. The molecule has 0 radical (unpaired) electrons. The zero-order chi connectivity index (χ0) is 27.6. The van der Waals surface area contributed by atoms with Crippen molar-refractivity contribution >= 4 is 11.8 Å². The number of allylic oxidation sites excluding steroid dienone is 8. The summed E-state index contributed by atoms with van der Waals surface area (Å²) in [6.45, 7) is 4.63. The van der Waals surface area contributed by atoms with E-state index in [1.165, 1.54) is 166 Å². The average molecular weight is 555 g/mol. The molecule has 2 unspecified atom stereocenters. The first kappa shape index (κ1) is 34.5. The van der Waals surface area contributed by atoms with Crippen LogP contribution in [0.4, 0.5) is 0 Å². The summed E-state index contributed by atoms with van der Waals surface area (Å²) in [5.74, 6) is 4.28. The van der Waals surface area contributed by atoms with Crippen molar-refractivity contribution < 1.29 is 0 Å². The van der Waals surface area contributed by atoms with Gasteiger partial charge in [0.25, 0.3) is 0 Å². The summed E-state index contributed by atoms with van der Waals surface area (Å²) in [5, 5.41) is 0. The molecule has 0 saturated heterocycles. The van der Waals surface area contributed by atoms with Gasteiger partial charge in [-0.1, -0.05) is 151 Å². The van der Waals surface area contributed by atoms with E-state index in [0.717, 1.165) is 11.8 Å². The Morgan fingerprint density at radius 2 is 0.974 bits per heavy atom. The van der Waals surface area contributed by atoms with Gasteiger partial charge in [0.05, 0.1) is 0 Å². The van der Waals surface area contributed by atoms with Crippen molar-refractivity contribution in [1.29, 1.82) is 0 Å². The lowest BCUT2D eigenvalue weighted by Gasteiger charge is -2.18. The number of hydrogen-bond donors (Lipinski definition) is 0. The quantitative estimate of drug-likeness (QED) is 0.107. The van der Waals surface area contributed by atoms with Crippen LogP contribution in [-0.4, -0.2) is 11.5 Å². The van der Waals surface area contributed by atoms with Crippen molar-refractivity contribution in [1.82, 2.24) is 0 Å². The molecule has 0 aliphatic heterocycles. The Bertz CT molecular complexity index is 623. The van der Waals surface area contributed by atoms with Gasteiger partial charge < -0.3 is 0 Å². The summed E-state index contributed by atoms with van der Waals surface area (Å²) in [6.07, 6.45) is 48.4. The number of rotatable bonds is 24. The van der Waals surface area contributed by atoms with Crippen molar-refractivity contribution in [3.8, 4) is 0 Å². The van der Waals surface area contributed by atoms with Crippen LogP contribution in [0.3, 0.4) is 0 Å². The van der Waals surface area contributed by atoms with E-state index in [0.29, 0.717) is 0 Å². The Morgan fingerprint density at radius 1 is 0.564 bits per heavy atom. The Morgan fingerprint density at radius 3 is 1.36 bits per heavy atom. The van der Waals surface area contributed by atoms with Crippen molar-refractivity contribution in [3.05, 3.63) is 47.6 Å². The van der Waals surface area contributed by atoms with Gasteiger partial charge in [-0.3, -0.25) is 0 Å². The maximum atomic E-state index is 2.68. The van der Waals surface area contributed by atoms with Crippen molar-refractivity contribution in [2.45, 2.75) is 168 Å². The molecule has 0 nitrogen and oxygen atoms in total. The first-order chi connectivity index (χ1) is 19.3. The molecule has 0 aromatic rings. The van der Waals surface area contributed by atoms with Crippen molar-refractivity contribution in [3.63, 3.8) is 0 Å². The van der Waals surface area contributed by atoms with Gasteiger partial charge in [-0.25, -0.2) is 0 Å². The van der Waals surface area contributed by atoms with Gasteiger partial charge >= 0.3 is 0 Å². The Kier molecular flexibility index (Phi) is 22.2. The van der Waals surface area contributed by atoms with Gasteiger partial charge in [0.15, 0.2) is 0 Å². The van der Waals surface area contributed by atoms with Gasteiger partial charge in [-0.05, 0) is 87.5 Å². The summed E-state index contributed by atoms with van der Waals surface area (Å²) >= 11 is 2.25. The highest BCUT2D eigenvalue weighted by Gasteiger charge is 2.11. The van der Waals surface area contributed by atoms with Crippen LogP contribution >= 0.6 is 11.8 Å². The molecular weight excluding hydrogens is 488 g/mol. The molecule has 0 heterocycles. The molecule has 1 heteroatoms. The number of hydrogen-bond acceptors (Lipinski definition) is 1. The van der Waals surface area contributed by atoms with Gasteiger partial charge in [0.2, 0.25) is 0 Å². The standard InChI is InChI=1S/C38H66S/c1-3-5-7-9-11-13-17-27-37(33-35-23-19-15-20-24-35)29-31-39-32-30-38(34-36-25-21-16-22-26-36)28-18-14-12-10-8-6-4-2/h19,21,23,25,33-34,37-38H,3-18,20,22,24,26-32H2,1-2H3. The lowest BCUT2D eigenvalue weighted by atomic mass is 9.92. The Hall–Kier alpha value is -0.690. The summed E-state index contributed by atoms with van der Waals surface area (Å²) in [6, 6.07) is 0. The van der Waals surface area contributed by atoms with E-state index >= 15 is 0 Å². The van der Waals surface area contributed by atoms with Crippen LogP contribution in [0.2, 0.25) is 0 Å². The minimum atomic E-state index is 0.795. The van der Waals surface area contributed by atoms with E-state index in [-0.39, 0.29) is 0 Å². The molecule has 2 aliphatic carbocycles. The first-order valence-corrected chi connectivity index (χ1v) is 18.8. The molecule has 2 aliphatic rings. The average Bonchev–Trinajstić information content (AvgIpc) is 2.96. The van der Waals surface area contributed by atoms with Gasteiger partial charge in [0, 0.05) is 0 Å². The van der Waals surface area contributed by atoms with Crippen LogP contribution in [0.1, 0.15) is 168 Å². The molecule has 0 aromatic carbocycles. The monoisotopic (exact) mass is 554 g/mol. The molecule has 0 N–H and O–H groups in total. The number of thioether (sulfide) groups is 1. The molecule has 224 valence electrons. The lowest BCUT2D eigenvalue weighted by Crippen LogP contribution is -2.04. The summed E-state index contributed by atoms with van der Waals surface area (Å²) in [4.78, 5) is 0. The Balaban J connectivity index is 1.73. The lowest BCUT2D eigenvalue weighted by molar-refractivity contribution is 0.503. The maximum Gasteiger partial charge on any atom is -0.00619 e. The van der Waals surface area contributed by atoms with E-state index in [2.05, 4.69) is 62.1 Å². The first-order valence-electron chi connectivity index (χ1n) is 17.6. The zero-order valence-corrected chi connectivity index (χ0v) is 27.2. The smallest absolute Gasteiger partial charge is 0.00619 e. The van der Waals surface area contributed by atoms with Crippen LogP contribution in [0, 0.1) is 11.8 Å². The van der Waals surface area contributed by atoms with E-state index < -0.39 is 0 Å². The third kappa shape index (κ3) is 19.1.